The fourth-order valence-corrected chi connectivity index (χ4v) is 4.10. The van der Waals surface area contributed by atoms with Crippen molar-refractivity contribution in [1.82, 2.24) is 4.90 Å². The number of nitrogens with zero attached hydrogens (tertiary/aromatic N) is 1. The van der Waals surface area contributed by atoms with E-state index in [0.29, 0.717) is 11.9 Å². The molecule has 1 heterocycles. The van der Waals surface area contributed by atoms with Gasteiger partial charge in [0.2, 0.25) is 5.91 Å². The van der Waals surface area contributed by atoms with Gasteiger partial charge in [0.15, 0.2) is 0 Å². The molecule has 1 unspecified atom stereocenters. The van der Waals surface area contributed by atoms with Crippen LogP contribution in [0.4, 0.5) is 0 Å². The number of hydrogen-bond donors (Lipinski definition) is 0. The van der Waals surface area contributed by atoms with E-state index in [2.05, 4.69) is 48.5 Å². The maximum Gasteiger partial charge on any atom is 0.227 e. The van der Waals surface area contributed by atoms with E-state index in [1.807, 2.05) is 0 Å². The van der Waals surface area contributed by atoms with E-state index in [1.54, 1.807) is 0 Å². The first-order chi connectivity index (χ1) is 7.84. The molecule has 0 radical (unpaired) electrons. The smallest absolute Gasteiger partial charge is 0.227 e. The maximum absolute atomic E-state index is 12.7. The van der Waals surface area contributed by atoms with Crippen molar-refractivity contribution in [1.29, 1.82) is 0 Å². The van der Waals surface area contributed by atoms with Gasteiger partial charge in [0.05, 0.1) is 0 Å². The molecular weight excluding hydrogens is 278 g/mol. The SMILES string of the molecule is CC1(C)C(C(=O)N2CCCCC2CBr)C1(C)C. The van der Waals surface area contributed by atoms with E-state index < -0.39 is 0 Å². The number of halogens is 1. The average Bonchev–Trinajstić information content (AvgIpc) is 2.68. The van der Waals surface area contributed by atoms with Crippen molar-refractivity contribution in [2.24, 2.45) is 16.7 Å². The van der Waals surface area contributed by atoms with Gasteiger partial charge >= 0.3 is 0 Å². The van der Waals surface area contributed by atoms with Gasteiger partial charge in [-0.1, -0.05) is 43.6 Å². The van der Waals surface area contributed by atoms with E-state index in [-0.39, 0.29) is 16.7 Å². The van der Waals surface area contributed by atoms with Crippen LogP contribution < -0.4 is 0 Å². The summed E-state index contributed by atoms with van der Waals surface area (Å²) >= 11 is 3.55. The Morgan fingerprint density at radius 2 is 1.82 bits per heavy atom. The van der Waals surface area contributed by atoms with E-state index in [0.717, 1.165) is 18.3 Å². The molecule has 3 heteroatoms. The summed E-state index contributed by atoms with van der Waals surface area (Å²) in [4.78, 5) is 14.8. The lowest BCUT2D eigenvalue weighted by atomic mass is 10.0. The van der Waals surface area contributed by atoms with Gasteiger partial charge in [-0.15, -0.1) is 0 Å². The van der Waals surface area contributed by atoms with Gasteiger partial charge < -0.3 is 4.90 Å². The fraction of sp³-hybridized carbons (Fsp3) is 0.929. The molecule has 0 bridgehead atoms. The Kier molecular flexibility index (Phi) is 3.35. The molecule has 2 nitrogen and oxygen atoms in total. The predicted molar refractivity (Wildman–Crippen MR) is 74.2 cm³/mol. The quantitative estimate of drug-likeness (QED) is 0.716. The molecule has 17 heavy (non-hydrogen) atoms. The molecule has 98 valence electrons. The van der Waals surface area contributed by atoms with Crippen molar-refractivity contribution >= 4 is 21.8 Å². The normalized spacial score (nSPS) is 31.4. The Bertz CT molecular complexity index is 310. The lowest BCUT2D eigenvalue weighted by Gasteiger charge is -2.35. The van der Waals surface area contributed by atoms with Crippen LogP contribution in [0.25, 0.3) is 0 Å². The highest BCUT2D eigenvalue weighted by atomic mass is 79.9. The summed E-state index contributed by atoms with van der Waals surface area (Å²) in [7, 11) is 0. The third-order valence-corrected chi connectivity index (χ3v) is 6.10. The van der Waals surface area contributed by atoms with Gasteiger partial charge in [0, 0.05) is 23.8 Å². The van der Waals surface area contributed by atoms with E-state index in [4.69, 9.17) is 0 Å². The second kappa shape index (κ2) is 4.25. The number of likely N-dealkylation sites (tertiary alicyclic amines) is 1. The minimum absolute atomic E-state index is 0.165. The van der Waals surface area contributed by atoms with Gasteiger partial charge in [-0.05, 0) is 30.1 Å². The Morgan fingerprint density at radius 3 is 2.29 bits per heavy atom. The number of rotatable bonds is 2. The fourth-order valence-electron chi connectivity index (χ4n) is 3.43. The molecule has 0 spiro atoms. The molecule has 0 aromatic heterocycles. The number of carbonyl (C=O) groups is 1. The summed E-state index contributed by atoms with van der Waals surface area (Å²) in [5.41, 5.74) is 0.330. The van der Waals surface area contributed by atoms with Crippen molar-refractivity contribution in [3.63, 3.8) is 0 Å². The topological polar surface area (TPSA) is 20.3 Å². The highest BCUT2D eigenvalue weighted by molar-refractivity contribution is 9.09. The van der Waals surface area contributed by atoms with Gasteiger partial charge in [-0.3, -0.25) is 4.79 Å². The molecule has 0 aromatic rings. The Labute approximate surface area is 113 Å². The first-order valence-electron chi connectivity index (χ1n) is 6.70. The molecule has 1 saturated heterocycles. The van der Waals surface area contributed by atoms with Crippen molar-refractivity contribution in [3.8, 4) is 0 Å². The third-order valence-electron chi connectivity index (χ3n) is 5.36. The standard InChI is InChI=1S/C14H24BrNO/c1-13(2)11(14(13,3)4)12(17)16-8-6-5-7-10(16)9-15/h10-11H,5-9H2,1-4H3. The van der Waals surface area contributed by atoms with Gasteiger partial charge in [-0.2, -0.15) is 0 Å². The highest BCUT2D eigenvalue weighted by Gasteiger charge is 2.69. The maximum atomic E-state index is 12.7. The second-order valence-corrected chi connectivity index (χ2v) is 7.36. The van der Waals surface area contributed by atoms with Gasteiger partial charge in [-0.25, -0.2) is 0 Å². The number of piperidine rings is 1. The van der Waals surface area contributed by atoms with Crippen LogP contribution in [0, 0.1) is 16.7 Å². The highest BCUT2D eigenvalue weighted by Crippen LogP contribution is 2.68. The second-order valence-electron chi connectivity index (χ2n) is 6.71. The van der Waals surface area contributed by atoms with Crippen molar-refractivity contribution in [2.45, 2.75) is 53.0 Å². The van der Waals surface area contributed by atoms with Crippen LogP contribution in [0.5, 0.6) is 0 Å². The molecule has 1 saturated carbocycles. The summed E-state index contributed by atoms with van der Waals surface area (Å²) < 4.78 is 0. The summed E-state index contributed by atoms with van der Waals surface area (Å²) in [6.07, 6.45) is 3.59. The van der Waals surface area contributed by atoms with E-state index in [1.165, 1.54) is 12.8 Å². The average molecular weight is 302 g/mol. The summed E-state index contributed by atoms with van der Waals surface area (Å²) in [5, 5.41) is 0.923. The predicted octanol–water partition coefficient (Wildman–Crippen LogP) is 3.44. The van der Waals surface area contributed by atoms with Crippen LogP contribution in [-0.2, 0) is 4.79 Å². The zero-order chi connectivity index (χ0) is 12.8. The molecule has 2 aliphatic rings. The number of alkyl halides is 1. The Hall–Kier alpha value is -0.0500. The van der Waals surface area contributed by atoms with Crippen LogP contribution >= 0.6 is 15.9 Å². The van der Waals surface area contributed by atoms with Crippen molar-refractivity contribution in [3.05, 3.63) is 0 Å². The molecular formula is C14H24BrNO. The number of amides is 1. The lowest BCUT2D eigenvalue weighted by molar-refractivity contribution is -0.137. The van der Waals surface area contributed by atoms with Crippen LogP contribution in [0.15, 0.2) is 0 Å². The molecule has 0 aromatic carbocycles. The molecule has 1 aliphatic heterocycles. The Balaban J connectivity index is 2.10. The van der Waals surface area contributed by atoms with Crippen molar-refractivity contribution in [2.75, 3.05) is 11.9 Å². The third kappa shape index (κ3) is 1.94. The monoisotopic (exact) mass is 301 g/mol. The zero-order valence-corrected chi connectivity index (χ0v) is 13.0. The molecule has 2 rings (SSSR count). The molecule has 1 atom stereocenters. The molecule has 1 amide bonds. The summed E-state index contributed by atoms with van der Waals surface area (Å²) in [6.45, 7) is 9.86. The van der Waals surface area contributed by atoms with Crippen LogP contribution in [-0.4, -0.2) is 28.7 Å². The lowest BCUT2D eigenvalue weighted by Crippen LogP contribution is -2.46. The largest absolute Gasteiger partial charge is 0.339 e. The van der Waals surface area contributed by atoms with Crippen LogP contribution in [0.1, 0.15) is 47.0 Å². The Morgan fingerprint density at radius 1 is 1.24 bits per heavy atom. The molecule has 2 fully saturated rings. The minimum atomic E-state index is 0.165. The minimum Gasteiger partial charge on any atom is -0.339 e. The van der Waals surface area contributed by atoms with Gasteiger partial charge in [0.1, 0.15) is 0 Å². The van der Waals surface area contributed by atoms with Gasteiger partial charge in [0.25, 0.3) is 0 Å². The first kappa shape index (κ1) is 13.4. The van der Waals surface area contributed by atoms with E-state index in [9.17, 15) is 4.79 Å². The van der Waals surface area contributed by atoms with Crippen LogP contribution in [0.3, 0.4) is 0 Å². The zero-order valence-electron chi connectivity index (χ0n) is 11.4. The number of carbonyl (C=O) groups excluding carboxylic acids is 1. The van der Waals surface area contributed by atoms with E-state index >= 15 is 0 Å². The van der Waals surface area contributed by atoms with Crippen molar-refractivity contribution < 1.29 is 4.79 Å². The molecule has 1 aliphatic carbocycles. The molecule has 0 N–H and O–H groups in total. The summed E-state index contributed by atoms with van der Waals surface area (Å²) in [5.74, 6) is 0.610. The van der Waals surface area contributed by atoms with Crippen LogP contribution in [0.2, 0.25) is 0 Å². The number of hydrogen-bond acceptors (Lipinski definition) is 1. The first-order valence-corrected chi connectivity index (χ1v) is 7.82. The summed E-state index contributed by atoms with van der Waals surface area (Å²) in [6, 6.07) is 0.420.